The maximum absolute atomic E-state index is 9.79. The lowest BCUT2D eigenvalue weighted by Crippen LogP contribution is -2.56. The Bertz CT molecular complexity index is 223. The quantitative estimate of drug-likeness (QED) is 0.665. The third kappa shape index (κ3) is 4.19. The van der Waals surface area contributed by atoms with Crippen molar-refractivity contribution in [3.05, 3.63) is 0 Å². The van der Waals surface area contributed by atoms with Crippen LogP contribution in [0.15, 0.2) is 0 Å². The Balaban J connectivity index is 0.00000256. The smallest absolute Gasteiger partial charge is 0.163 e. The molecule has 0 aromatic heterocycles. The summed E-state index contributed by atoms with van der Waals surface area (Å²) in [6.45, 7) is 7.06. The van der Waals surface area contributed by atoms with Crippen molar-refractivity contribution in [1.82, 2.24) is 0 Å². The van der Waals surface area contributed by atoms with Crippen LogP contribution in [-0.4, -0.2) is 52.1 Å². The molecule has 1 fully saturated rings. The Morgan fingerprint density at radius 3 is 2.12 bits per heavy atom. The lowest BCUT2D eigenvalue weighted by molar-refractivity contribution is -0.304. The number of aliphatic hydroxyl groups excluding tert-OH is 3. The van der Waals surface area contributed by atoms with Crippen LogP contribution in [0.4, 0.5) is 0 Å². The molecule has 104 valence electrons. The first-order valence-corrected chi connectivity index (χ1v) is 5.56. The summed E-state index contributed by atoms with van der Waals surface area (Å²) >= 11 is 0. The van der Waals surface area contributed by atoms with Crippen molar-refractivity contribution in [1.29, 1.82) is 0 Å². The monoisotopic (exact) mass is 250 g/mol. The number of ether oxygens (including phenoxy) is 2. The van der Waals surface area contributed by atoms with Crippen molar-refractivity contribution in [3.63, 3.8) is 0 Å². The summed E-state index contributed by atoms with van der Waals surface area (Å²) in [6.07, 6.45) is -3.42. The molecule has 1 heterocycles. The van der Waals surface area contributed by atoms with E-state index in [9.17, 15) is 10.2 Å². The van der Waals surface area contributed by atoms with E-state index in [-0.39, 0.29) is 20.0 Å². The van der Waals surface area contributed by atoms with Crippen LogP contribution >= 0.6 is 0 Å². The van der Waals surface area contributed by atoms with Crippen LogP contribution in [0, 0.1) is 5.92 Å². The molecule has 0 saturated carbocycles. The Morgan fingerprint density at radius 1 is 1.18 bits per heavy atom. The summed E-state index contributed by atoms with van der Waals surface area (Å²) in [5, 5.41) is 28.5. The van der Waals surface area contributed by atoms with Gasteiger partial charge in [0, 0.05) is 5.92 Å². The van der Waals surface area contributed by atoms with E-state index in [2.05, 4.69) is 0 Å². The SMILES string of the molecule is C.CC1C(OC(C)(C)C)OC(CO)C(O)C1O. The molecule has 0 aromatic carbocycles. The van der Waals surface area contributed by atoms with Crippen molar-refractivity contribution >= 4 is 0 Å². The predicted molar refractivity (Wildman–Crippen MR) is 64.5 cm³/mol. The Hall–Kier alpha value is -0.200. The van der Waals surface area contributed by atoms with Crippen LogP contribution in [0.3, 0.4) is 0 Å². The molecule has 0 bridgehead atoms. The van der Waals surface area contributed by atoms with Crippen LogP contribution in [-0.2, 0) is 9.47 Å². The molecular weight excluding hydrogens is 224 g/mol. The predicted octanol–water partition coefficient (Wildman–Crippen LogP) is 0.513. The summed E-state index contributed by atoms with van der Waals surface area (Å²) in [5.74, 6) is -0.336. The second kappa shape index (κ2) is 6.11. The summed E-state index contributed by atoms with van der Waals surface area (Å²) < 4.78 is 11.1. The first-order valence-electron chi connectivity index (χ1n) is 5.56. The van der Waals surface area contributed by atoms with Crippen LogP contribution in [0.2, 0.25) is 0 Å². The fourth-order valence-corrected chi connectivity index (χ4v) is 1.70. The van der Waals surface area contributed by atoms with E-state index in [1.165, 1.54) is 0 Å². The van der Waals surface area contributed by atoms with Gasteiger partial charge in [0.05, 0.1) is 18.3 Å². The lowest BCUT2D eigenvalue weighted by Gasteiger charge is -2.42. The van der Waals surface area contributed by atoms with Crippen LogP contribution < -0.4 is 0 Å². The summed E-state index contributed by atoms with van der Waals surface area (Å²) in [6, 6.07) is 0. The maximum atomic E-state index is 9.79. The van der Waals surface area contributed by atoms with Crippen molar-refractivity contribution in [2.75, 3.05) is 6.61 Å². The van der Waals surface area contributed by atoms with E-state index >= 15 is 0 Å². The Morgan fingerprint density at radius 2 is 1.71 bits per heavy atom. The van der Waals surface area contributed by atoms with Gasteiger partial charge >= 0.3 is 0 Å². The molecule has 5 atom stereocenters. The minimum atomic E-state index is -1.07. The molecule has 0 amide bonds. The highest BCUT2D eigenvalue weighted by molar-refractivity contribution is 4.87. The zero-order chi connectivity index (χ0) is 12.5. The molecule has 3 N–H and O–H groups in total. The van der Waals surface area contributed by atoms with Crippen molar-refractivity contribution in [3.8, 4) is 0 Å². The van der Waals surface area contributed by atoms with Gasteiger partial charge < -0.3 is 24.8 Å². The number of hydrogen-bond acceptors (Lipinski definition) is 5. The zero-order valence-electron chi connectivity index (χ0n) is 10.3. The molecule has 1 rings (SSSR count). The van der Waals surface area contributed by atoms with Gasteiger partial charge in [0.25, 0.3) is 0 Å². The summed E-state index contributed by atoms with van der Waals surface area (Å²) in [5.41, 5.74) is -0.402. The second-order valence-electron chi connectivity index (χ2n) is 5.30. The van der Waals surface area contributed by atoms with Gasteiger partial charge in [-0.3, -0.25) is 0 Å². The summed E-state index contributed by atoms with van der Waals surface area (Å²) in [4.78, 5) is 0. The molecule has 0 aliphatic carbocycles. The molecule has 5 unspecified atom stereocenters. The van der Waals surface area contributed by atoms with Gasteiger partial charge in [-0.1, -0.05) is 14.4 Å². The maximum Gasteiger partial charge on any atom is 0.163 e. The zero-order valence-corrected chi connectivity index (χ0v) is 10.3. The molecule has 1 saturated heterocycles. The molecule has 0 radical (unpaired) electrons. The lowest BCUT2D eigenvalue weighted by atomic mass is 9.92. The first-order chi connectivity index (χ1) is 7.26. The highest BCUT2D eigenvalue weighted by Crippen LogP contribution is 2.29. The van der Waals surface area contributed by atoms with Gasteiger partial charge in [0.1, 0.15) is 12.2 Å². The van der Waals surface area contributed by atoms with Gasteiger partial charge in [-0.2, -0.15) is 0 Å². The third-order valence-electron chi connectivity index (χ3n) is 2.66. The highest BCUT2D eigenvalue weighted by Gasteiger charge is 2.43. The van der Waals surface area contributed by atoms with Gasteiger partial charge in [0.2, 0.25) is 0 Å². The minimum absolute atomic E-state index is 0. The average Bonchev–Trinajstić information content (AvgIpc) is 2.17. The fourth-order valence-electron chi connectivity index (χ4n) is 1.70. The van der Waals surface area contributed by atoms with Crippen LogP contribution in [0.1, 0.15) is 35.1 Å². The normalized spacial score (nSPS) is 38.6. The Kier molecular flexibility index (Phi) is 6.04. The second-order valence-corrected chi connectivity index (χ2v) is 5.30. The number of rotatable bonds is 2. The molecule has 17 heavy (non-hydrogen) atoms. The Labute approximate surface area is 103 Å². The topological polar surface area (TPSA) is 79.2 Å². The standard InChI is InChI=1S/C11H22O5.CH4/c1-6-8(13)9(14)7(5-12)15-10(6)16-11(2,3)4;/h6-10,12-14H,5H2,1-4H3;1H4. The van der Waals surface area contributed by atoms with E-state index in [0.29, 0.717) is 0 Å². The molecule has 0 spiro atoms. The third-order valence-corrected chi connectivity index (χ3v) is 2.66. The van der Waals surface area contributed by atoms with Gasteiger partial charge in [-0.15, -0.1) is 0 Å². The highest BCUT2D eigenvalue weighted by atomic mass is 16.7. The van der Waals surface area contributed by atoms with Gasteiger partial charge in [0.15, 0.2) is 6.29 Å². The van der Waals surface area contributed by atoms with Gasteiger partial charge in [-0.05, 0) is 20.8 Å². The van der Waals surface area contributed by atoms with E-state index in [4.69, 9.17) is 14.6 Å². The van der Waals surface area contributed by atoms with Crippen molar-refractivity contribution in [2.45, 2.75) is 65.3 Å². The molecular formula is C12H26O5. The summed E-state index contributed by atoms with van der Waals surface area (Å²) in [7, 11) is 0. The van der Waals surface area contributed by atoms with E-state index in [1.807, 2.05) is 20.8 Å². The van der Waals surface area contributed by atoms with Crippen molar-refractivity contribution in [2.24, 2.45) is 5.92 Å². The van der Waals surface area contributed by atoms with Gasteiger partial charge in [-0.25, -0.2) is 0 Å². The van der Waals surface area contributed by atoms with Crippen LogP contribution in [0.5, 0.6) is 0 Å². The number of aliphatic hydroxyl groups is 3. The minimum Gasteiger partial charge on any atom is -0.394 e. The average molecular weight is 250 g/mol. The fraction of sp³-hybridized carbons (Fsp3) is 1.00. The first kappa shape index (κ1) is 16.8. The van der Waals surface area contributed by atoms with E-state index in [0.717, 1.165) is 0 Å². The molecule has 5 heteroatoms. The van der Waals surface area contributed by atoms with Crippen LogP contribution in [0.25, 0.3) is 0 Å². The molecule has 1 aliphatic rings. The largest absolute Gasteiger partial charge is 0.394 e. The molecule has 0 aromatic rings. The van der Waals surface area contributed by atoms with Crippen molar-refractivity contribution < 1.29 is 24.8 Å². The van der Waals surface area contributed by atoms with E-state index < -0.39 is 30.2 Å². The number of hydrogen-bond donors (Lipinski definition) is 3. The molecule has 5 nitrogen and oxygen atoms in total. The molecule has 1 aliphatic heterocycles. The van der Waals surface area contributed by atoms with E-state index in [1.54, 1.807) is 6.92 Å².